The van der Waals surface area contributed by atoms with Gasteiger partial charge in [0, 0.05) is 27.7 Å². The van der Waals surface area contributed by atoms with Crippen molar-refractivity contribution >= 4 is 28.7 Å². The summed E-state index contributed by atoms with van der Waals surface area (Å²) < 4.78 is 4.93. The van der Waals surface area contributed by atoms with Gasteiger partial charge in [0.1, 0.15) is 5.92 Å². The first-order chi connectivity index (χ1) is 11.8. The van der Waals surface area contributed by atoms with Crippen molar-refractivity contribution in [3.63, 3.8) is 0 Å². The molecule has 25 heavy (non-hydrogen) atoms. The van der Waals surface area contributed by atoms with Gasteiger partial charge in [0.05, 0.1) is 18.3 Å². The van der Waals surface area contributed by atoms with E-state index in [0.29, 0.717) is 5.56 Å². The van der Waals surface area contributed by atoms with E-state index in [1.54, 1.807) is 18.5 Å². The highest BCUT2D eigenvalue weighted by Crippen LogP contribution is 2.38. The van der Waals surface area contributed by atoms with Crippen LogP contribution in [0.5, 0.6) is 6.01 Å². The molecule has 1 aliphatic carbocycles. The Morgan fingerprint density at radius 2 is 1.64 bits per heavy atom. The fraction of sp³-hybridized carbons (Fsp3) is 0.167. The fourth-order valence-electron chi connectivity index (χ4n) is 2.63. The van der Waals surface area contributed by atoms with E-state index < -0.39 is 23.3 Å². The summed E-state index contributed by atoms with van der Waals surface area (Å²) in [7, 11) is 1.48. The number of carbonyl (C=O) groups is 3. The summed E-state index contributed by atoms with van der Waals surface area (Å²) in [6.07, 6.45) is 3.21. The topological polar surface area (TPSA) is 86.2 Å². The van der Waals surface area contributed by atoms with Crippen LogP contribution in [-0.4, -0.2) is 34.4 Å². The van der Waals surface area contributed by atoms with E-state index in [0.717, 1.165) is 15.3 Å². The Labute approximate surface area is 147 Å². The van der Waals surface area contributed by atoms with E-state index in [1.807, 2.05) is 6.92 Å². The van der Waals surface area contributed by atoms with Crippen LogP contribution in [0.1, 0.15) is 16.4 Å². The SMILES string of the molecule is C=C1C(=O)C(=C)C(=O)C(c2cc(-c3cnc(OC)nc3)sc2C)C1=O. The molecule has 0 unspecified atom stereocenters. The summed E-state index contributed by atoms with van der Waals surface area (Å²) in [6, 6.07) is 2.00. The molecule has 0 bridgehead atoms. The van der Waals surface area contributed by atoms with Crippen LogP contribution in [0.15, 0.2) is 42.8 Å². The predicted octanol–water partition coefficient (Wildman–Crippen LogP) is 2.44. The standard InChI is InChI=1S/C18H14N2O4S/c1-8-15(21)9(2)17(23)14(16(8)22)12-5-13(25-10(12)3)11-6-19-18(24-4)20-7-11/h5-7,14H,1-2H2,3-4H3. The summed E-state index contributed by atoms with van der Waals surface area (Å²) in [4.78, 5) is 46.5. The first-order valence-electron chi connectivity index (χ1n) is 7.32. The number of hydrogen-bond donors (Lipinski definition) is 0. The zero-order valence-electron chi connectivity index (χ0n) is 13.7. The van der Waals surface area contributed by atoms with Crippen LogP contribution in [0.3, 0.4) is 0 Å². The second-order valence-corrected chi connectivity index (χ2v) is 6.78. The number of hydrogen-bond acceptors (Lipinski definition) is 7. The molecule has 0 N–H and O–H groups in total. The highest BCUT2D eigenvalue weighted by atomic mass is 32.1. The first-order valence-corrected chi connectivity index (χ1v) is 8.14. The largest absolute Gasteiger partial charge is 0.467 e. The number of ether oxygens (including phenoxy) is 1. The van der Waals surface area contributed by atoms with Gasteiger partial charge >= 0.3 is 6.01 Å². The summed E-state index contributed by atoms with van der Waals surface area (Å²) in [6.45, 7) is 8.83. The number of thiophene rings is 1. The molecule has 2 heterocycles. The number of aryl methyl sites for hydroxylation is 1. The quantitative estimate of drug-likeness (QED) is 0.478. The van der Waals surface area contributed by atoms with Crippen LogP contribution in [0.4, 0.5) is 0 Å². The Hall–Kier alpha value is -2.93. The maximum Gasteiger partial charge on any atom is 0.316 e. The van der Waals surface area contributed by atoms with Gasteiger partial charge in [0.2, 0.25) is 0 Å². The minimum atomic E-state index is -1.07. The third-order valence-electron chi connectivity index (χ3n) is 4.03. The molecule has 0 aromatic carbocycles. The molecule has 0 saturated heterocycles. The van der Waals surface area contributed by atoms with Gasteiger partial charge in [-0.1, -0.05) is 13.2 Å². The van der Waals surface area contributed by atoms with Crippen LogP contribution in [0, 0.1) is 6.92 Å². The lowest BCUT2D eigenvalue weighted by Crippen LogP contribution is -2.35. The Kier molecular flexibility index (Phi) is 4.18. The smallest absolute Gasteiger partial charge is 0.316 e. The van der Waals surface area contributed by atoms with Gasteiger partial charge in [-0.15, -0.1) is 11.3 Å². The average molecular weight is 354 g/mol. The third kappa shape index (κ3) is 2.72. The van der Waals surface area contributed by atoms with E-state index in [-0.39, 0.29) is 17.2 Å². The number of carbonyl (C=O) groups excluding carboxylic acids is 3. The van der Waals surface area contributed by atoms with Gasteiger partial charge in [0.25, 0.3) is 0 Å². The Balaban J connectivity index is 2.03. The van der Waals surface area contributed by atoms with Crippen molar-refractivity contribution in [1.82, 2.24) is 9.97 Å². The van der Waals surface area contributed by atoms with E-state index in [2.05, 4.69) is 23.1 Å². The number of aromatic nitrogens is 2. The van der Waals surface area contributed by atoms with Gasteiger partial charge < -0.3 is 4.74 Å². The minimum absolute atomic E-state index is 0.200. The van der Waals surface area contributed by atoms with Crippen LogP contribution in [-0.2, 0) is 14.4 Å². The van der Waals surface area contributed by atoms with Crippen LogP contribution in [0.25, 0.3) is 10.4 Å². The maximum absolute atomic E-state index is 12.5. The molecule has 0 amide bonds. The van der Waals surface area contributed by atoms with Crippen molar-refractivity contribution in [1.29, 1.82) is 0 Å². The molecule has 126 valence electrons. The summed E-state index contributed by atoms with van der Waals surface area (Å²) in [5.41, 5.74) is 0.897. The number of rotatable bonds is 3. The molecule has 1 aliphatic rings. The van der Waals surface area contributed by atoms with E-state index in [9.17, 15) is 14.4 Å². The molecule has 7 heteroatoms. The lowest BCUT2D eigenvalue weighted by molar-refractivity contribution is -0.130. The summed E-state index contributed by atoms with van der Waals surface area (Å²) in [5.74, 6) is -2.88. The lowest BCUT2D eigenvalue weighted by atomic mass is 9.76. The van der Waals surface area contributed by atoms with Crippen molar-refractivity contribution in [2.24, 2.45) is 0 Å². The lowest BCUT2D eigenvalue weighted by Gasteiger charge is -2.21. The minimum Gasteiger partial charge on any atom is -0.467 e. The first kappa shape index (κ1) is 16.9. The molecular weight excluding hydrogens is 340 g/mol. The van der Waals surface area contributed by atoms with Crippen LogP contribution in [0.2, 0.25) is 0 Å². The van der Waals surface area contributed by atoms with Gasteiger partial charge in [-0.2, -0.15) is 0 Å². The number of methoxy groups -OCH3 is 1. The van der Waals surface area contributed by atoms with Crippen molar-refractivity contribution in [3.8, 4) is 16.5 Å². The Morgan fingerprint density at radius 1 is 1.08 bits per heavy atom. The van der Waals surface area contributed by atoms with Gasteiger partial charge in [-0.3, -0.25) is 14.4 Å². The zero-order chi connectivity index (χ0) is 18.3. The van der Waals surface area contributed by atoms with Crippen LogP contribution < -0.4 is 4.74 Å². The number of nitrogens with zero attached hydrogens (tertiary/aromatic N) is 2. The monoisotopic (exact) mass is 354 g/mol. The molecule has 0 atom stereocenters. The second-order valence-electron chi connectivity index (χ2n) is 5.53. The molecule has 0 radical (unpaired) electrons. The Bertz CT molecular complexity index is 910. The van der Waals surface area contributed by atoms with Crippen molar-refractivity contribution in [3.05, 3.63) is 53.2 Å². The highest BCUT2D eigenvalue weighted by Gasteiger charge is 2.42. The molecule has 0 aliphatic heterocycles. The highest BCUT2D eigenvalue weighted by molar-refractivity contribution is 7.15. The van der Waals surface area contributed by atoms with Gasteiger partial charge in [-0.25, -0.2) is 9.97 Å². The van der Waals surface area contributed by atoms with Gasteiger partial charge in [-0.05, 0) is 18.6 Å². The average Bonchev–Trinajstić information content (AvgIpc) is 3.00. The van der Waals surface area contributed by atoms with E-state index >= 15 is 0 Å². The zero-order valence-corrected chi connectivity index (χ0v) is 14.5. The van der Waals surface area contributed by atoms with E-state index in [1.165, 1.54) is 18.4 Å². The summed E-state index contributed by atoms with van der Waals surface area (Å²) >= 11 is 1.41. The maximum atomic E-state index is 12.5. The third-order valence-corrected chi connectivity index (χ3v) is 5.15. The molecular formula is C18H14N2O4S. The normalized spacial score (nSPS) is 15.8. The van der Waals surface area contributed by atoms with E-state index in [4.69, 9.17) is 4.74 Å². The fourth-order valence-corrected chi connectivity index (χ4v) is 3.66. The number of allylic oxidation sites excluding steroid dienone is 2. The predicted molar refractivity (Wildman–Crippen MR) is 92.7 cm³/mol. The van der Waals surface area contributed by atoms with Crippen molar-refractivity contribution < 1.29 is 19.1 Å². The molecule has 1 fully saturated rings. The number of ketones is 3. The number of Topliss-reactive ketones (excluding diaryl/α,β-unsaturated/α-hetero) is 3. The van der Waals surface area contributed by atoms with Crippen molar-refractivity contribution in [2.45, 2.75) is 12.8 Å². The molecule has 2 aromatic rings. The van der Waals surface area contributed by atoms with Crippen LogP contribution >= 0.6 is 11.3 Å². The molecule has 1 saturated carbocycles. The molecule has 3 rings (SSSR count). The molecule has 2 aromatic heterocycles. The second kappa shape index (κ2) is 6.18. The Morgan fingerprint density at radius 3 is 2.16 bits per heavy atom. The van der Waals surface area contributed by atoms with Crippen molar-refractivity contribution in [2.75, 3.05) is 7.11 Å². The molecule has 0 spiro atoms. The summed E-state index contributed by atoms with van der Waals surface area (Å²) in [5, 5.41) is 0. The molecule has 6 nitrogen and oxygen atoms in total. The van der Waals surface area contributed by atoms with Gasteiger partial charge in [0.15, 0.2) is 17.3 Å².